The molecule has 0 spiro atoms. The zero-order valence-corrected chi connectivity index (χ0v) is 10.4. The maximum absolute atomic E-state index is 11.2. The van der Waals surface area contributed by atoms with E-state index in [2.05, 4.69) is 10.6 Å². The van der Waals surface area contributed by atoms with Crippen LogP contribution in [0.4, 0.5) is 5.69 Å². The smallest absolute Gasteiger partial charge is 0.224 e. The quantitative estimate of drug-likeness (QED) is 0.704. The van der Waals surface area contributed by atoms with Crippen molar-refractivity contribution < 1.29 is 9.90 Å². The lowest BCUT2D eigenvalue weighted by molar-refractivity contribution is -0.115. The van der Waals surface area contributed by atoms with Gasteiger partial charge in [0.05, 0.1) is 12.6 Å². The monoisotopic (exact) mass is 236 g/mol. The number of benzene rings is 1. The van der Waals surface area contributed by atoms with Gasteiger partial charge in [0.25, 0.3) is 0 Å². The molecule has 1 atom stereocenters. The van der Waals surface area contributed by atoms with Crippen molar-refractivity contribution in [2.45, 2.75) is 26.3 Å². The molecule has 0 aliphatic rings. The van der Waals surface area contributed by atoms with E-state index in [0.717, 1.165) is 17.8 Å². The molecule has 3 N–H and O–H groups in total. The van der Waals surface area contributed by atoms with E-state index in [1.54, 1.807) is 0 Å². The predicted molar refractivity (Wildman–Crippen MR) is 68.9 cm³/mol. The molecule has 0 aliphatic carbocycles. The van der Waals surface area contributed by atoms with E-state index < -0.39 is 0 Å². The Morgan fingerprint density at radius 1 is 1.29 bits per heavy atom. The van der Waals surface area contributed by atoms with Crippen LogP contribution in [0.5, 0.6) is 0 Å². The predicted octanol–water partition coefficient (Wildman–Crippen LogP) is 1.68. The van der Waals surface area contributed by atoms with Crippen molar-refractivity contribution in [3.8, 4) is 0 Å². The molecule has 94 valence electrons. The molecule has 4 heteroatoms. The summed E-state index contributed by atoms with van der Waals surface area (Å²) in [4.78, 5) is 11.2. The Balaban J connectivity index is 2.69. The van der Waals surface area contributed by atoms with Gasteiger partial charge in [0.15, 0.2) is 0 Å². The number of carbonyl (C=O) groups excluding carboxylic acids is 1. The number of hydrogen-bond acceptors (Lipinski definition) is 3. The van der Waals surface area contributed by atoms with Gasteiger partial charge in [-0.05, 0) is 24.2 Å². The average Bonchev–Trinajstić information content (AvgIpc) is 2.37. The van der Waals surface area contributed by atoms with Gasteiger partial charge in [0, 0.05) is 12.1 Å². The highest BCUT2D eigenvalue weighted by Crippen LogP contribution is 2.16. The number of carbonyl (C=O) groups is 1. The lowest BCUT2D eigenvalue weighted by Gasteiger charge is -2.15. The third-order valence-electron chi connectivity index (χ3n) is 2.55. The van der Waals surface area contributed by atoms with Crippen LogP contribution < -0.4 is 10.6 Å². The van der Waals surface area contributed by atoms with Crippen molar-refractivity contribution in [3.05, 3.63) is 29.8 Å². The minimum atomic E-state index is -0.0454. The van der Waals surface area contributed by atoms with Gasteiger partial charge in [-0.1, -0.05) is 26.0 Å². The van der Waals surface area contributed by atoms with Crippen LogP contribution in [0.1, 0.15) is 31.9 Å². The molecule has 0 aromatic heterocycles. The van der Waals surface area contributed by atoms with Crippen LogP contribution in [0.15, 0.2) is 24.3 Å². The first-order valence-corrected chi connectivity index (χ1v) is 5.95. The summed E-state index contributed by atoms with van der Waals surface area (Å²) in [7, 11) is 0. The van der Waals surface area contributed by atoms with Gasteiger partial charge in [0.1, 0.15) is 0 Å². The normalized spacial score (nSPS) is 12.2. The second-order valence-electron chi connectivity index (χ2n) is 3.82. The number of rotatable bonds is 6. The van der Waals surface area contributed by atoms with E-state index in [0.29, 0.717) is 6.42 Å². The highest BCUT2D eigenvalue weighted by molar-refractivity contribution is 5.90. The maximum atomic E-state index is 11.2. The first-order chi connectivity index (χ1) is 8.21. The fourth-order valence-corrected chi connectivity index (χ4v) is 1.58. The second-order valence-corrected chi connectivity index (χ2v) is 3.82. The summed E-state index contributed by atoms with van der Waals surface area (Å²) < 4.78 is 0. The summed E-state index contributed by atoms with van der Waals surface area (Å²) in [6.07, 6.45) is 0.471. The summed E-state index contributed by atoms with van der Waals surface area (Å²) >= 11 is 0. The molecule has 0 heterocycles. The SMILES string of the molecule is CCNC(CO)c1ccc(NC(=O)CC)cc1. The minimum absolute atomic E-state index is 0.00291. The third-order valence-corrected chi connectivity index (χ3v) is 2.55. The molecule has 0 fully saturated rings. The zero-order chi connectivity index (χ0) is 12.7. The van der Waals surface area contributed by atoms with E-state index >= 15 is 0 Å². The molecule has 4 nitrogen and oxygen atoms in total. The molecule has 1 aromatic rings. The number of likely N-dealkylation sites (N-methyl/N-ethyl adjacent to an activating group) is 1. The Bertz CT molecular complexity index is 349. The van der Waals surface area contributed by atoms with Crippen molar-refractivity contribution in [1.82, 2.24) is 5.32 Å². The average molecular weight is 236 g/mol. The molecule has 1 unspecified atom stereocenters. The number of aliphatic hydroxyl groups excluding tert-OH is 1. The molecule has 0 aliphatic heterocycles. The molecule has 0 radical (unpaired) electrons. The highest BCUT2D eigenvalue weighted by atomic mass is 16.3. The van der Waals surface area contributed by atoms with Crippen LogP contribution in [0.2, 0.25) is 0 Å². The van der Waals surface area contributed by atoms with Gasteiger partial charge in [-0.25, -0.2) is 0 Å². The molecular formula is C13H20N2O2. The Morgan fingerprint density at radius 3 is 2.41 bits per heavy atom. The number of aliphatic hydroxyl groups is 1. The Kier molecular flexibility index (Phi) is 5.66. The number of hydrogen-bond donors (Lipinski definition) is 3. The van der Waals surface area contributed by atoms with Gasteiger partial charge in [-0.15, -0.1) is 0 Å². The largest absolute Gasteiger partial charge is 0.394 e. The number of amides is 1. The Morgan fingerprint density at radius 2 is 1.94 bits per heavy atom. The lowest BCUT2D eigenvalue weighted by atomic mass is 10.1. The molecule has 0 saturated carbocycles. The van der Waals surface area contributed by atoms with E-state index in [4.69, 9.17) is 0 Å². The first kappa shape index (κ1) is 13.7. The van der Waals surface area contributed by atoms with Gasteiger partial charge < -0.3 is 15.7 Å². The van der Waals surface area contributed by atoms with E-state index in [1.807, 2.05) is 38.1 Å². The minimum Gasteiger partial charge on any atom is -0.394 e. The fraction of sp³-hybridized carbons (Fsp3) is 0.462. The third kappa shape index (κ3) is 4.17. The topological polar surface area (TPSA) is 61.4 Å². The molecule has 1 aromatic carbocycles. The van der Waals surface area contributed by atoms with Crippen LogP contribution in [-0.4, -0.2) is 24.2 Å². The van der Waals surface area contributed by atoms with Gasteiger partial charge in [-0.3, -0.25) is 4.79 Å². The fourth-order valence-electron chi connectivity index (χ4n) is 1.58. The van der Waals surface area contributed by atoms with Crippen LogP contribution >= 0.6 is 0 Å². The Hall–Kier alpha value is -1.39. The molecular weight excluding hydrogens is 216 g/mol. The van der Waals surface area contributed by atoms with Crippen molar-refractivity contribution in [1.29, 1.82) is 0 Å². The molecule has 1 amide bonds. The zero-order valence-electron chi connectivity index (χ0n) is 10.4. The summed E-state index contributed by atoms with van der Waals surface area (Å²) in [6, 6.07) is 7.48. The van der Waals surface area contributed by atoms with Crippen molar-refractivity contribution in [2.24, 2.45) is 0 Å². The lowest BCUT2D eigenvalue weighted by Crippen LogP contribution is -2.23. The van der Waals surface area contributed by atoms with Crippen molar-refractivity contribution in [3.63, 3.8) is 0 Å². The summed E-state index contributed by atoms with van der Waals surface area (Å²) in [5, 5.41) is 15.2. The molecule has 17 heavy (non-hydrogen) atoms. The Labute approximate surface area is 102 Å². The summed E-state index contributed by atoms with van der Waals surface area (Å²) in [6.45, 7) is 4.68. The standard InChI is InChI=1S/C13H20N2O2/c1-3-13(17)15-11-7-5-10(6-8-11)12(9-16)14-4-2/h5-8,12,14,16H,3-4,9H2,1-2H3,(H,15,17). The van der Waals surface area contributed by atoms with Gasteiger partial charge in [0.2, 0.25) is 5.91 Å². The van der Waals surface area contributed by atoms with Gasteiger partial charge >= 0.3 is 0 Å². The van der Waals surface area contributed by atoms with Crippen molar-refractivity contribution in [2.75, 3.05) is 18.5 Å². The number of nitrogens with one attached hydrogen (secondary N) is 2. The molecule has 0 bridgehead atoms. The summed E-state index contributed by atoms with van der Waals surface area (Å²) in [5.74, 6) is 0.00291. The second kappa shape index (κ2) is 7.04. The van der Waals surface area contributed by atoms with E-state index in [-0.39, 0.29) is 18.6 Å². The van der Waals surface area contributed by atoms with Gasteiger partial charge in [-0.2, -0.15) is 0 Å². The first-order valence-electron chi connectivity index (χ1n) is 5.95. The molecule has 1 rings (SSSR count). The van der Waals surface area contributed by atoms with Crippen LogP contribution in [0.25, 0.3) is 0 Å². The molecule has 0 saturated heterocycles. The highest BCUT2D eigenvalue weighted by Gasteiger charge is 2.08. The van der Waals surface area contributed by atoms with E-state index in [1.165, 1.54) is 0 Å². The maximum Gasteiger partial charge on any atom is 0.224 e. The van der Waals surface area contributed by atoms with Crippen molar-refractivity contribution >= 4 is 11.6 Å². The van der Waals surface area contributed by atoms with Crippen LogP contribution in [0, 0.1) is 0 Å². The summed E-state index contributed by atoms with van der Waals surface area (Å²) in [5.41, 5.74) is 1.80. The number of anilines is 1. The van der Waals surface area contributed by atoms with E-state index in [9.17, 15) is 9.90 Å². The van der Waals surface area contributed by atoms with Crippen LogP contribution in [0.3, 0.4) is 0 Å². The van der Waals surface area contributed by atoms with Crippen LogP contribution in [-0.2, 0) is 4.79 Å².